The van der Waals surface area contributed by atoms with E-state index in [-0.39, 0.29) is 0 Å². The summed E-state index contributed by atoms with van der Waals surface area (Å²) in [4.78, 5) is 0. The molecule has 0 aromatic heterocycles. The first-order valence-corrected chi connectivity index (χ1v) is 4.03. The van der Waals surface area contributed by atoms with E-state index in [0.29, 0.717) is 0 Å². The van der Waals surface area contributed by atoms with Crippen molar-refractivity contribution in [3.8, 4) is 11.5 Å². The number of hydrogen-bond acceptors (Lipinski definition) is 2. The largest absolute Gasteiger partial charge is 0.497 e. The summed E-state index contributed by atoms with van der Waals surface area (Å²) >= 11 is 0. The highest BCUT2D eigenvalue weighted by atomic mass is 16.5. The van der Waals surface area contributed by atoms with Gasteiger partial charge >= 0.3 is 0 Å². The lowest BCUT2D eigenvalue weighted by atomic mass is 10.3. The minimum Gasteiger partial charge on any atom is -0.497 e. The molecule has 1 aromatic rings. The lowest BCUT2D eigenvalue weighted by Gasteiger charge is -2.00. The van der Waals surface area contributed by atoms with Gasteiger partial charge in [-0.1, -0.05) is 6.08 Å². The Morgan fingerprint density at radius 2 is 1.23 bits per heavy atom. The van der Waals surface area contributed by atoms with Crippen LogP contribution in [0.2, 0.25) is 0 Å². The summed E-state index contributed by atoms with van der Waals surface area (Å²) in [7, 11) is 3.28. The van der Waals surface area contributed by atoms with Gasteiger partial charge in [-0.05, 0) is 31.2 Å². The molecule has 0 bridgehead atoms. The fraction of sp³-hybridized carbons (Fsp3) is 0.273. The molecular formula is C11H16O2. The van der Waals surface area contributed by atoms with Crippen molar-refractivity contribution < 1.29 is 9.47 Å². The van der Waals surface area contributed by atoms with Crippen molar-refractivity contribution in [1.82, 2.24) is 0 Å². The van der Waals surface area contributed by atoms with Crippen LogP contribution in [0.25, 0.3) is 0 Å². The molecule has 13 heavy (non-hydrogen) atoms. The van der Waals surface area contributed by atoms with Crippen LogP contribution in [-0.4, -0.2) is 14.2 Å². The molecule has 0 aliphatic carbocycles. The monoisotopic (exact) mass is 180 g/mol. The Kier molecular flexibility index (Phi) is 6.42. The van der Waals surface area contributed by atoms with Crippen LogP contribution in [-0.2, 0) is 0 Å². The van der Waals surface area contributed by atoms with Gasteiger partial charge in [0, 0.05) is 0 Å². The van der Waals surface area contributed by atoms with Gasteiger partial charge in [0.1, 0.15) is 11.5 Å². The summed E-state index contributed by atoms with van der Waals surface area (Å²) in [5, 5.41) is 0. The first-order valence-electron chi connectivity index (χ1n) is 4.03. The van der Waals surface area contributed by atoms with Crippen molar-refractivity contribution in [1.29, 1.82) is 0 Å². The number of methoxy groups -OCH3 is 2. The summed E-state index contributed by atoms with van der Waals surface area (Å²) in [6.45, 7) is 5.25. The average molecular weight is 180 g/mol. The van der Waals surface area contributed by atoms with Gasteiger partial charge < -0.3 is 9.47 Å². The first-order chi connectivity index (χ1) is 6.28. The van der Waals surface area contributed by atoms with Crippen LogP contribution in [0.5, 0.6) is 11.5 Å². The molecule has 0 N–H and O–H groups in total. The normalized spacial score (nSPS) is 7.92. The lowest BCUT2D eigenvalue weighted by molar-refractivity contribution is 0.403. The third kappa shape index (κ3) is 4.90. The van der Waals surface area contributed by atoms with Crippen molar-refractivity contribution >= 4 is 0 Å². The summed E-state index contributed by atoms with van der Waals surface area (Å²) < 4.78 is 9.92. The predicted octanol–water partition coefficient (Wildman–Crippen LogP) is 2.90. The number of ether oxygens (including phenoxy) is 2. The van der Waals surface area contributed by atoms with Gasteiger partial charge in [0.25, 0.3) is 0 Å². The first kappa shape index (κ1) is 11.6. The van der Waals surface area contributed by atoms with E-state index >= 15 is 0 Å². The molecule has 2 nitrogen and oxygen atoms in total. The Hall–Kier alpha value is -1.44. The molecule has 0 heterocycles. The summed E-state index contributed by atoms with van der Waals surface area (Å²) in [6.07, 6.45) is 1.75. The molecule has 1 rings (SSSR count). The molecule has 2 heteroatoms. The van der Waals surface area contributed by atoms with E-state index in [1.54, 1.807) is 20.3 Å². The van der Waals surface area contributed by atoms with Gasteiger partial charge in [-0.3, -0.25) is 0 Å². The molecule has 0 amide bonds. The van der Waals surface area contributed by atoms with Crippen molar-refractivity contribution in [3.05, 3.63) is 36.9 Å². The van der Waals surface area contributed by atoms with Gasteiger partial charge in [0.15, 0.2) is 0 Å². The molecular weight excluding hydrogens is 164 g/mol. The van der Waals surface area contributed by atoms with Crippen molar-refractivity contribution in [2.24, 2.45) is 0 Å². The highest BCUT2D eigenvalue weighted by Gasteiger charge is 1.89. The maximum Gasteiger partial charge on any atom is 0.119 e. The number of benzene rings is 1. The van der Waals surface area contributed by atoms with Gasteiger partial charge in [0.2, 0.25) is 0 Å². The SMILES string of the molecule is C=CC.COc1ccc(OC)cc1. The maximum atomic E-state index is 4.96. The van der Waals surface area contributed by atoms with E-state index in [1.807, 2.05) is 31.2 Å². The van der Waals surface area contributed by atoms with Crippen LogP contribution in [0.4, 0.5) is 0 Å². The smallest absolute Gasteiger partial charge is 0.119 e. The Balaban J connectivity index is 0.000000424. The Labute approximate surface area is 79.8 Å². The molecule has 0 unspecified atom stereocenters. The Morgan fingerprint density at radius 1 is 1.00 bits per heavy atom. The van der Waals surface area contributed by atoms with Crippen LogP contribution in [0, 0.1) is 0 Å². The topological polar surface area (TPSA) is 18.5 Å². The fourth-order valence-electron chi connectivity index (χ4n) is 0.712. The van der Waals surface area contributed by atoms with E-state index in [2.05, 4.69) is 6.58 Å². The molecule has 0 atom stereocenters. The zero-order valence-corrected chi connectivity index (χ0v) is 8.41. The van der Waals surface area contributed by atoms with E-state index in [0.717, 1.165) is 11.5 Å². The minimum absolute atomic E-state index is 0.848. The van der Waals surface area contributed by atoms with Gasteiger partial charge in [0.05, 0.1) is 14.2 Å². The highest BCUT2D eigenvalue weighted by Crippen LogP contribution is 2.15. The summed E-state index contributed by atoms with van der Waals surface area (Å²) in [6, 6.07) is 7.44. The van der Waals surface area contributed by atoms with Crippen LogP contribution >= 0.6 is 0 Å². The second-order valence-electron chi connectivity index (χ2n) is 2.29. The molecule has 0 radical (unpaired) electrons. The van der Waals surface area contributed by atoms with Crippen LogP contribution < -0.4 is 9.47 Å². The average Bonchev–Trinajstić information content (AvgIpc) is 2.19. The van der Waals surface area contributed by atoms with Gasteiger partial charge in [-0.25, -0.2) is 0 Å². The number of allylic oxidation sites excluding steroid dienone is 1. The molecule has 0 saturated heterocycles. The third-order valence-electron chi connectivity index (χ3n) is 1.30. The highest BCUT2D eigenvalue weighted by molar-refractivity contribution is 5.30. The zero-order valence-electron chi connectivity index (χ0n) is 8.41. The van der Waals surface area contributed by atoms with E-state index < -0.39 is 0 Å². The molecule has 72 valence electrons. The second-order valence-corrected chi connectivity index (χ2v) is 2.29. The standard InChI is InChI=1S/C8H10O2.C3H6/c1-9-7-3-5-8(10-2)6-4-7;1-3-2/h3-6H,1-2H3;3H,1H2,2H3. The quantitative estimate of drug-likeness (QED) is 0.651. The predicted molar refractivity (Wildman–Crippen MR) is 55.4 cm³/mol. The second kappa shape index (κ2) is 7.22. The fourth-order valence-corrected chi connectivity index (χ4v) is 0.712. The molecule has 0 saturated carbocycles. The summed E-state index contributed by atoms with van der Waals surface area (Å²) in [5.41, 5.74) is 0. The van der Waals surface area contributed by atoms with E-state index in [9.17, 15) is 0 Å². The Bertz CT molecular complexity index is 203. The third-order valence-corrected chi connectivity index (χ3v) is 1.30. The molecule has 0 fully saturated rings. The summed E-state index contributed by atoms with van der Waals surface area (Å²) in [5.74, 6) is 1.70. The molecule has 0 aliphatic rings. The zero-order chi connectivity index (χ0) is 10.1. The lowest BCUT2D eigenvalue weighted by Crippen LogP contribution is -1.83. The van der Waals surface area contributed by atoms with Crippen molar-refractivity contribution in [2.45, 2.75) is 6.92 Å². The minimum atomic E-state index is 0.848. The van der Waals surface area contributed by atoms with E-state index in [1.165, 1.54) is 0 Å². The van der Waals surface area contributed by atoms with E-state index in [4.69, 9.17) is 9.47 Å². The molecule has 0 spiro atoms. The van der Waals surface area contributed by atoms with Crippen LogP contribution in [0.1, 0.15) is 6.92 Å². The molecule has 1 aromatic carbocycles. The van der Waals surface area contributed by atoms with Gasteiger partial charge in [-0.2, -0.15) is 0 Å². The number of hydrogen-bond donors (Lipinski definition) is 0. The van der Waals surface area contributed by atoms with Crippen LogP contribution in [0.15, 0.2) is 36.9 Å². The maximum absolute atomic E-state index is 4.96. The Morgan fingerprint density at radius 3 is 1.38 bits per heavy atom. The number of rotatable bonds is 2. The van der Waals surface area contributed by atoms with Crippen molar-refractivity contribution in [3.63, 3.8) is 0 Å². The van der Waals surface area contributed by atoms with Crippen molar-refractivity contribution in [2.75, 3.05) is 14.2 Å². The van der Waals surface area contributed by atoms with Crippen LogP contribution in [0.3, 0.4) is 0 Å². The van der Waals surface area contributed by atoms with Gasteiger partial charge in [-0.15, -0.1) is 6.58 Å². The molecule has 0 aliphatic heterocycles.